The van der Waals surface area contributed by atoms with Gasteiger partial charge < -0.3 is 5.32 Å². The molecule has 1 amide bonds. The number of benzene rings is 2. The number of carbonyl (C=O) groups excluding carboxylic acids is 1. The number of nitrogens with zero attached hydrogens (tertiary/aromatic N) is 3. The summed E-state index contributed by atoms with van der Waals surface area (Å²) in [6.45, 7) is 5.76. The zero-order valence-corrected chi connectivity index (χ0v) is 16.8. The number of amides is 1. The fraction of sp³-hybridized carbons (Fsp3) is 0.273. The van der Waals surface area contributed by atoms with Crippen LogP contribution < -0.4 is 16.6 Å². The summed E-state index contributed by atoms with van der Waals surface area (Å²) in [5.74, 6) is -0.591. The number of carbonyl (C=O) groups is 1. The highest BCUT2D eigenvalue weighted by molar-refractivity contribution is 5.91. The first kappa shape index (κ1) is 20.3. The second kappa shape index (κ2) is 8.68. The number of aromatic nitrogens is 3. The highest BCUT2D eigenvalue weighted by Gasteiger charge is 2.21. The first-order valence-corrected chi connectivity index (χ1v) is 9.56. The van der Waals surface area contributed by atoms with Crippen LogP contribution in [0.4, 0.5) is 0 Å². The second-order valence-electron chi connectivity index (χ2n) is 7.04. The van der Waals surface area contributed by atoms with Gasteiger partial charge in [-0.2, -0.15) is 9.78 Å². The molecule has 1 aromatic heterocycles. The van der Waals surface area contributed by atoms with E-state index in [0.717, 1.165) is 20.4 Å². The fourth-order valence-corrected chi connectivity index (χ4v) is 2.92. The Morgan fingerprint density at radius 1 is 1.10 bits per heavy atom. The lowest BCUT2D eigenvalue weighted by molar-refractivity contribution is 0.0929. The normalized spacial score (nSPS) is 11.8. The van der Waals surface area contributed by atoms with Gasteiger partial charge in [0.05, 0.1) is 12.2 Å². The maximum atomic E-state index is 13.1. The van der Waals surface area contributed by atoms with Crippen molar-refractivity contribution in [3.63, 3.8) is 0 Å². The number of hydrogen-bond acceptors (Lipinski definition) is 4. The third kappa shape index (κ3) is 4.51. The number of hydrogen-bond donors (Lipinski definition) is 1. The van der Waals surface area contributed by atoms with Crippen LogP contribution in [0.15, 0.2) is 64.2 Å². The summed E-state index contributed by atoms with van der Waals surface area (Å²) in [4.78, 5) is 38.8. The minimum Gasteiger partial charge on any atom is -0.348 e. The summed E-state index contributed by atoms with van der Waals surface area (Å²) in [5, 5.41) is 6.86. The summed E-state index contributed by atoms with van der Waals surface area (Å²) < 4.78 is 2.16. The molecule has 0 saturated heterocycles. The van der Waals surface area contributed by atoms with Crippen molar-refractivity contribution < 1.29 is 4.79 Å². The van der Waals surface area contributed by atoms with Gasteiger partial charge >= 0.3 is 5.69 Å². The molecule has 0 aliphatic heterocycles. The maximum absolute atomic E-state index is 13.1. The van der Waals surface area contributed by atoms with E-state index in [9.17, 15) is 14.4 Å². The number of rotatable bonds is 6. The van der Waals surface area contributed by atoms with Gasteiger partial charge in [0.1, 0.15) is 0 Å². The molecule has 2 aromatic carbocycles. The minimum atomic E-state index is -0.704. The minimum absolute atomic E-state index is 0.0539. The molecule has 7 heteroatoms. The highest BCUT2D eigenvalue weighted by atomic mass is 16.2. The van der Waals surface area contributed by atoms with E-state index in [1.807, 2.05) is 51.1 Å². The number of aryl methyl sites for hydroxylation is 1. The lowest BCUT2D eigenvalue weighted by Crippen LogP contribution is -2.47. The zero-order valence-electron chi connectivity index (χ0n) is 16.8. The molecule has 1 heterocycles. The van der Waals surface area contributed by atoms with E-state index in [1.165, 1.54) is 0 Å². The third-order valence-corrected chi connectivity index (χ3v) is 4.69. The van der Waals surface area contributed by atoms with Crippen LogP contribution in [0.25, 0.3) is 5.69 Å². The average molecular weight is 392 g/mol. The lowest BCUT2D eigenvalue weighted by atomic mass is 10.1. The van der Waals surface area contributed by atoms with Gasteiger partial charge in [-0.15, -0.1) is 0 Å². The van der Waals surface area contributed by atoms with Gasteiger partial charge in [0.2, 0.25) is 5.69 Å². The van der Waals surface area contributed by atoms with Crippen molar-refractivity contribution in [2.24, 2.45) is 0 Å². The van der Waals surface area contributed by atoms with E-state index in [1.54, 1.807) is 24.3 Å². The molecular weight excluding hydrogens is 368 g/mol. The zero-order chi connectivity index (χ0) is 21.0. The first-order chi connectivity index (χ1) is 13.9. The molecule has 0 unspecified atom stereocenters. The van der Waals surface area contributed by atoms with Crippen LogP contribution in [-0.2, 0) is 6.54 Å². The van der Waals surface area contributed by atoms with E-state index < -0.39 is 17.2 Å². The van der Waals surface area contributed by atoms with Gasteiger partial charge in [-0.05, 0) is 38.0 Å². The quantitative estimate of drug-likeness (QED) is 0.697. The fourth-order valence-electron chi connectivity index (χ4n) is 2.92. The summed E-state index contributed by atoms with van der Waals surface area (Å²) >= 11 is 0. The van der Waals surface area contributed by atoms with Crippen molar-refractivity contribution in [1.82, 2.24) is 19.7 Å². The van der Waals surface area contributed by atoms with Crippen LogP contribution in [0.5, 0.6) is 0 Å². The average Bonchev–Trinajstić information content (AvgIpc) is 2.71. The van der Waals surface area contributed by atoms with E-state index in [2.05, 4.69) is 10.4 Å². The molecule has 1 atom stereocenters. The van der Waals surface area contributed by atoms with Crippen molar-refractivity contribution in [2.75, 3.05) is 0 Å². The van der Waals surface area contributed by atoms with Crippen molar-refractivity contribution in [3.05, 3.63) is 92.3 Å². The van der Waals surface area contributed by atoms with E-state index in [0.29, 0.717) is 12.1 Å². The molecule has 29 heavy (non-hydrogen) atoms. The van der Waals surface area contributed by atoms with Gasteiger partial charge in [0.25, 0.3) is 11.5 Å². The predicted octanol–water partition coefficient (Wildman–Crippen LogP) is 2.28. The molecule has 3 rings (SSSR count). The van der Waals surface area contributed by atoms with Crippen LogP contribution in [0.1, 0.15) is 41.9 Å². The van der Waals surface area contributed by atoms with Crippen molar-refractivity contribution >= 4 is 5.91 Å². The van der Waals surface area contributed by atoms with Gasteiger partial charge in [-0.1, -0.05) is 55.0 Å². The monoisotopic (exact) mass is 392 g/mol. The molecule has 0 aliphatic carbocycles. The molecule has 0 bridgehead atoms. The van der Waals surface area contributed by atoms with Crippen LogP contribution in [0, 0.1) is 6.92 Å². The summed E-state index contributed by atoms with van der Waals surface area (Å²) in [7, 11) is 0. The van der Waals surface area contributed by atoms with Crippen molar-refractivity contribution in [2.45, 2.75) is 39.8 Å². The number of nitrogens with one attached hydrogen (secondary N) is 1. The molecule has 0 fully saturated rings. The Balaban J connectivity index is 2.18. The molecule has 7 nitrogen and oxygen atoms in total. The molecule has 3 aromatic rings. The Labute approximate surface area is 168 Å². The molecular formula is C22H24N4O3. The first-order valence-electron chi connectivity index (χ1n) is 9.56. The Morgan fingerprint density at radius 2 is 1.83 bits per heavy atom. The molecule has 0 saturated carbocycles. The SMILES string of the molecule is CC[C@@H](C)NC(=O)c1nn(-c2ccccc2)c(=O)n(Cc2cccc(C)c2)c1=O. The van der Waals surface area contributed by atoms with Gasteiger partial charge in [-0.25, -0.2) is 4.79 Å². The topological polar surface area (TPSA) is 86.0 Å². The smallest absolute Gasteiger partial charge is 0.348 e. The Hall–Kier alpha value is -3.48. The van der Waals surface area contributed by atoms with E-state index in [4.69, 9.17) is 0 Å². The summed E-state index contributed by atoms with van der Waals surface area (Å²) in [6, 6.07) is 16.2. The molecule has 150 valence electrons. The summed E-state index contributed by atoms with van der Waals surface area (Å²) in [6.07, 6.45) is 0.710. The van der Waals surface area contributed by atoms with Crippen LogP contribution >= 0.6 is 0 Å². The molecule has 0 radical (unpaired) electrons. The Morgan fingerprint density at radius 3 is 2.48 bits per heavy atom. The van der Waals surface area contributed by atoms with Gasteiger partial charge in [0, 0.05) is 6.04 Å². The number of para-hydroxylation sites is 1. The summed E-state index contributed by atoms with van der Waals surface area (Å²) in [5.41, 5.74) is 0.688. The van der Waals surface area contributed by atoms with E-state index in [-0.39, 0.29) is 18.3 Å². The van der Waals surface area contributed by atoms with Crippen LogP contribution in [0.2, 0.25) is 0 Å². The van der Waals surface area contributed by atoms with Crippen LogP contribution in [0.3, 0.4) is 0 Å². The van der Waals surface area contributed by atoms with Crippen LogP contribution in [-0.4, -0.2) is 26.3 Å². The standard InChI is InChI=1S/C22H24N4O3/c1-4-16(3)23-20(27)19-21(28)25(14-17-10-8-9-15(2)13-17)22(29)26(24-19)18-11-6-5-7-12-18/h5-13,16H,4,14H2,1-3H3,(H,23,27)/t16-/m1/s1. The Kier molecular flexibility index (Phi) is 6.07. The van der Waals surface area contributed by atoms with Crippen molar-refractivity contribution in [3.8, 4) is 5.69 Å². The van der Waals surface area contributed by atoms with Gasteiger partial charge in [-0.3, -0.25) is 14.2 Å². The molecule has 0 aliphatic rings. The largest absolute Gasteiger partial charge is 0.352 e. The predicted molar refractivity (Wildman–Crippen MR) is 112 cm³/mol. The highest BCUT2D eigenvalue weighted by Crippen LogP contribution is 2.06. The maximum Gasteiger partial charge on any atom is 0.352 e. The lowest BCUT2D eigenvalue weighted by Gasteiger charge is -2.14. The Bertz CT molecular complexity index is 1130. The van der Waals surface area contributed by atoms with Gasteiger partial charge in [0.15, 0.2) is 0 Å². The molecule has 1 N–H and O–H groups in total. The second-order valence-corrected chi connectivity index (χ2v) is 7.04. The van der Waals surface area contributed by atoms with E-state index >= 15 is 0 Å². The third-order valence-electron chi connectivity index (χ3n) is 4.69. The molecule has 0 spiro atoms. The van der Waals surface area contributed by atoms with Crippen molar-refractivity contribution in [1.29, 1.82) is 0 Å².